The summed E-state index contributed by atoms with van der Waals surface area (Å²) in [5, 5.41) is 13.8. The maximum atomic E-state index is 12.9. The average Bonchev–Trinajstić information content (AvgIpc) is 3.33. The number of phosphoric ester groups is 1. The van der Waals surface area contributed by atoms with Crippen LogP contribution in [0.1, 0.15) is 328 Å². The van der Waals surface area contributed by atoms with Gasteiger partial charge in [-0.25, -0.2) is 0 Å². The third-order valence-corrected chi connectivity index (χ3v) is 15.7. The van der Waals surface area contributed by atoms with Crippen molar-refractivity contribution in [2.75, 3.05) is 40.9 Å². The van der Waals surface area contributed by atoms with Gasteiger partial charge in [-0.15, -0.1) is 0 Å². The first-order chi connectivity index (χ1) is 34.5. The van der Waals surface area contributed by atoms with E-state index < -0.39 is 20.0 Å². The lowest BCUT2D eigenvalue weighted by atomic mass is 10.0. The summed E-state index contributed by atoms with van der Waals surface area (Å²) in [5.74, 6) is -0.193. The van der Waals surface area contributed by atoms with Crippen molar-refractivity contribution in [1.82, 2.24) is 5.32 Å². The van der Waals surface area contributed by atoms with E-state index in [1.54, 1.807) is 6.08 Å². The highest BCUT2D eigenvalue weighted by atomic mass is 31.2. The number of aliphatic hydroxyl groups excluding tert-OH is 1. The number of allylic oxidation sites excluding steroid dienone is 1. The second-order valence-corrected chi connectivity index (χ2v) is 24.5. The summed E-state index contributed by atoms with van der Waals surface area (Å²) < 4.78 is 23.2. The normalized spacial score (nSPS) is 13.8. The molecule has 0 aliphatic heterocycles. The maximum absolute atomic E-state index is 12.9. The summed E-state index contributed by atoms with van der Waals surface area (Å²) >= 11 is 0. The number of hydrogen-bond acceptors (Lipinski definition) is 6. The second-order valence-electron chi connectivity index (χ2n) is 23.1. The molecule has 0 rings (SSSR count). The quantitative estimate of drug-likeness (QED) is 0.0272. The second kappa shape index (κ2) is 54.0. The molecule has 0 spiro atoms. The summed E-state index contributed by atoms with van der Waals surface area (Å²) in [6.45, 7) is 4.65. The van der Waals surface area contributed by atoms with Crippen LogP contribution in [0, 0.1) is 0 Å². The van der Waals surface area contributed by atoms with Gasteiger partial charge in [0.15, 0.2) is 0 Å². The summed E-state index contributed by atoms with van der Waals surface area (Å²) in [6.07, 6.45) is 67.9. The summed E-state index contributed by atoms with van der Waals surface area (Å²) in [4.78, 5) is 25.4. The third kappa shape index (κ3) is 56.8. The molecule has 1 amide bonds. The van der Waals surface area contributed by atoms with Crippen molar-refractivity contribution >= 4 is 13.7 Å². The fourth-order valence-electron chi connectivity index (χ4n) is 9.81. The van der Waals surface area contributed by atoms with Gasteiger partial charge in [0.2, 0.25) is 5.91 Å². The first-order valence-electron chi connectivity index (χ1n) is 31.6. The van der Waals surface area contributed by atoms with Crippen LogP contribution in [0.3, 0.4) is 0 Å². The SMILES string of the molecule is CCCCCCCCC/C=C/C(O)C(COP(=O)([O-])OCC[N+](C)(C)C)NC(=O)CCCCCCCCCCCCCCCCCCCCCCCCCCCCCCCCCCCCCCCCCC. The van der Waals surface area contributed by atoms with Gasteiger partial charge in [0, 0.05) is 6.42 Å². The zero-order valence-electron chi connectivity index (χ0n) is 48.5. The van der Waals surface area contributed by atoms with Gasteiger partial charge in [0.05, 0.1) is 39.9 Å². The van der Waals surface area contributed by atoms with Gasteiger partial charge in [0.1, 0.15) is 13.2 Å². The molecule has 0 aromatic heterocycles. The standard InChI is InChI=1S/C62H125N2O6P/c1-6-8-10-12-14-16-17-18-19-20-21-22-23-24-25-26-27-28-29-30-31-32-33-34-35-36-37-38-39-40-41-42-43-44-45-46-48-50-52-54-56-62(66)63-60(59-70-71(67,68)69-58-57-64(3,4)5)61(65)55-53-51-49-47-15-13-11-9-7-2/h53,55,60-61,65H,6-52,54,56-59H2,1-5H3,(H-,63,66,67,68)/b55-53+. The number of nitrogens with zero attached hydrogens (tertiary/aromatic N) is 1. The van der Waals surface area contributed by atoms with Crippen LogP contribution in [0.15, 0.2) is 12.2 Å². The predicted molar refractivity (Wildman–Crippen MR) is 307 cm³/mol. The van der Waals surface area contributed by atoms with Gasteiger partial charge < -0.3 is 28.8 Å². The van der Waals surface area contributed by atoms with Gasteiger partial charge in [-0.1, -0.05) is 315 Å². The van der Waals surface area contributed by atoms with E-state index in [-0.39, 0.29) is 19.1 Å². The van der Waals surface area contributed by atoms with Crippen LogP contribution in [-0.4, -0.2) is 68.5 Å². The largest absolute Gasteiger partial charge is 0.756 e. The Morgan fingerprint density at radius 2 is 0.761 bits per heavy atom. The molecule has 8 nitrogen and oxygen atoms in total. The molecule has 0 radical (unpaired) electrons. The molecule has 0 aromatic rings. The van der Waals surface area contributed by atoms with Crippen LogP contribution in [-0.2, 0) is 18.4 Å². The van der Waals surface area contributed by atoms with Crippen LogP contribution < -0.4 is 10.2 Å². The highest BCUT2D eigenvalue weighted by Gasteiger charge is 2.23. The van der Waals surface area contributed by atoms with Crippen LogP contribution >= 0.6 is 7.82 Å². The van der Waals surface area contributed by atoms with E-state index in [0.29, 0.717) is 17.4 Å². The van der Waals surface area contributed by atoms with E-state index in [1.165, 1.54) is 270 Å². The fraction of sp³-hybridized carbons (Fsp3) is 0.952. The molecule has 71 heavy (non-hydrogen) atoms. The topological polar surface area (TPSA) is 108 Å². The van der Waals surface area contributed by atoms with Crippen molar-refractivity contribution in [3.63, 3.8) is 0 Å². The molecule has 424 valence electrons. The lowest BCUT2D eigenvalue weighted by molar-refractivity contribution is -0.870. The van der Waals surface area contributed by atoms with Crippen molar-refractivity contribution < 1.29 is 32.9 Å². The number of carbonyl (C=O) groups excluding carboxylic acids is 1. The number of amides is 1. The lowest BCUT2D eigenvalue weighted by Gasteiger charge is -2.29. The molecule has 3 unspecified atom stereocenters. The monoisotopic (exact) mass is 1020 g/mol. The Kier molecular flexibility index (Phi) is 53.5. The van der Waals surface area contributed by atoms with E-state index in [0.717, 1.165) is 38.5 Å². The van der Waals surface area contributed by atoms with Crippen molar-refractivity contribution in [1.29, 1.82) is 0 Å². The molecule has 0 bridgehead atoms. The first kappa shape index (κ1) is 70.2. The van der Waals surface area contributed by atoms with Crippen molar-refractivity contribution in [2.24, 2.45) is 0 Å². The molecule has 2 N–H and O–H groups in total. The van der Waals surface area contributed by atoms with Crippen molar-refractivity contribution in [3.8, 4) is 0 Å². The van der Waals surface area contributed by atoms with E-state index in [2.05, 4.69) is 19.2 Å². The number of quaternary nitrogens is 1. The zero-order valence-corrected chi connectivity index (χ0v) is 49.4. The van der Waals surface area contributed by atoms with Crippen LogP contribution in [0.4, 0.5) is 0 Å². The number of unbranched alkanes of at least 4 members (excludes halogenated alkanes) is 46. The molecule has 0 fully saturated rings. The van der Waals surface area contributed by atoms with E-state index in [4.69, 9.17) is 9.05 Å². The molecule has 0 saturated heterocycles. The Bertz CT molecular complexity index is 1160. The Labute approximate surface area is 443 Å². The van der Waals surface area contributed by atoms with Gasteiger partial charge in [0.25, 0.3) is 7.82 Å². The Morgan fingerprint density at radius 3 is 1.06 bits per heavy atom. The smallest absolute Gasteiger partial charge is 0.268 e. The number of aliphatic hydroxyl groups is 1. The fourth-order valence-corrected chi connectivity index (χ4v) is 10.5. The van der Waals surface area contributed by atoms with Gasteiger partial charge in [-0.05, 0) is 19.3 Å². The van der Waals surface area contributed by atoms with E-state index in [9.17, 15) is 19.4 Å². The zero-order chi connectivity index (χ0) is 52.0. The predicted octanol–water partition coefficient (Wildman–Crippen LogP) is 18.8. The van der Waals surface area contributed by atoms with Crippen LogP contribution in [0.2, 0.25) is 0 Å². The third-order valence-electron chi connectivity index (χ3n) is 14.7. The lowest BCUT2D eigenvalue weighted by Crippen LogP contribution is -2.45. The molecule has 0 aromatic carbocycles. The molecule has 0 saturated carbocycles. The van der Waals surface area contributed by atoms with Gasteiger partial charge in [-0.2, -0.15) is 0 Å². The Hall–Kier alpha value is -0.760. The number of nitrogens with one attached hydrogen (secondary N) is 1. The minimum absolute atomic E-state index is 0.00199. The number of phosphoric acid groups is 1. The van der Waals surface area contributed by atoms with E-state index in [1.807, 2.05) is 27.2 Å². The van der Waals surface area contributed by atoms with E-state index >= 15 is 0 Å². The molecular weight excluding hydrogens is 900 g/mol. The number of rotatable bonds is 59. The Balaban J connectivity index is 3.72. The summed E-state index contributed by atoms with van der Waals surface area (Å²) in [6, 6.07) is -0.880. The first-order valence-corrected chi connectivity index (χ1v) is 33.0. The minimum atomic E-state index is -4.58. The van der Waals surface area contributed by atoms with Crippen molar-refractivity contribution in [2.45, 2.75) is 341 Å². The molecule has 0 aliphatic carbocycles. The molecule has 9 heteroatoms. The summed E-state index contributed by atoms with van der Waals surface area (Å²) in [7, 11) is 1.27. The van der Waals surface area contributed by atoms with Crippen LogP contribution in [0.5, 0.6) is 0 Å². The highest BCUT2D eigenvalue weighted by molar-refractivity contribution is 7.45. The molecule has 0 heterocycles. The minimum Gasteiger partial charge on any atom is -0.756 e. The maximum Gasteiger partial charge on any atom is 0.268 e. The molecular formula is C62H125N2O6P. The van der Waals surface area contributed by atoms with Crippen LogP contribution in [0.25, 0.3) is 0 Å². The van der Waals surface area contributed by atoms with Gasteiger partial charge in [-0.3, -0.25) is 9.36 Å². The van der Waals surface area contributed by atoms with Gasteiger partial charge >= 0.3 is 0 Å². The average molecular weight is 1030 g/mol. The number of hydrogen-bond donors (Lipinski definition) is 2. The Morgan fingerprint density at radius 1 is 0.479 bits per heavy atom. The highest BCUT2D eigenvalue weighted by Crippen LogP contribution is 2.38. The molecule has 3 atom stereocenters. The number of likely N-dealkylation sites (N-methyl/N-ethyl adjacent to an activating group) is 1. The van der Waals surface area contributed by atoms with Crippen molar-refractivity contribution in [3.05, 3.63) is 12.2 Å². The number of carbonyl (C=O) groups is 1. The molecule has 0 aliphatic rings. The summed E-state index contributed by atoms with van der Waals surface area (Å²) in [5.41, 5.74) is 0.